The second-order valence-electron chi connectivity index (χ2n) is 4.30. The van der Waals surface area contributed by atoms with Crippen LogP contribution in [0.5, 0.6) is 0 Å². The summed E-state index contributed by atoms with van der Waals surface area (Å²) in [6.07, 6.45) is 1.68. The molecule has 1 aromatic heterocycles. The molecule has 0 saturated carbocycles. The van der Waals surface area contributed by atoms with Crippen molar-refractivity contribution in [3.05, 3.63) is 17.8 Å². The Bertz CT molecular complexity index is 466. The molecule has 5 nitrogen and oxygen atoms in total. The highest BCUT2D eigenvalue weighted by molar-refractivity contribution is 7.91. The van der Waals surface area contributed by atoms with E-state index < -0.39 is 9.84 Å². The van der Waals surface area contributed by atoms with Crippen molar-refractivity contribution < 1.29 is 12.8 Å². The molecule has 1 atom stereocenters. The van der Waals surface area contributed by atoms with Gasteiger partial charge in [-0.2, -0.15) is 0 Å². The van der Waals surface area contributed by atoms with Crippen molar-refractivity contribution in [2.24, 2.45) is 0 Å². The Morgan fingerprint density at radius 2 is 2.38 bits per heavy atom. The average Bonchev–Trinajstić information content (AvgIpc) is 2.56. The Labute approximate surface area is 95.4 Å². The van der Waals surface area contributed by atoms with Crippen molar-refractivity contribution in [2.45, 2.75) is 26.4 Å². The minimum absolute atomic E-state index is 0.0333. The lowest BCUT2D eigenvalue weighted by Crippen LogP contribution is -2.46. The first-order valence-electron chi connectivity index (χ1n) is 5.32. The van der Waals surface area contributed by atoms with E-state index in [1.54, 1.807) is 6.20 Å². The highest BCUT2D eigenvalue weighted by Gasteiger charge is 2.28. The molecule has 1 saturated heterocycles. The van der Waals surface area contributed by atoms with Gasteiger partial charge in [0, 0.05) is 12.6 Å². The number of rotatable bonds is 2. The molecule has 0 radical (unpaired) electrons. The highest BCUT2D eigenvalue weighted by atomic mass is 32.2. The van der Waals surface area contributed by atoms with E-state index in [4.69, 9.17) is 4.42 Å². The molecule has 2 heterocycles. The molecule has 1 aliphatic rings. The molecule has 0 unspecified atom stereocenters. The fourth-order valence-electron chi connectivity index (χ4n) is 1.92. The van der Waals surface area contributed by atoms with Gasteiger partial charge >= 0.3 is 0 Å². The van der Waals surface area contributed by atoms with Gasteiger partial charge < -0.3 is 4.42 Å². The van der Waals surface area contributed by atoms with E-state index in [1.165, 1.54) is 0 Å². The average molecular weight is 244 g/mol. The number of aryl methyl sites for hydroxylation is 1. The number of oxazole rings is 1. The maximum absolute atomic E-state index is 11.4. The zero-order chi connectivity index (χ0) is 11.8. The van der Waals surface area contributed by atoms with Gasteiger partial charge in [-0.1, -0.05) is 0 Å². The van der Waals surface area contributed by atoms with Gasteiger partial charge in [0.15, 0.2) is 9.84 Å². The summed E-state index contributed by atoms with van der Waals surface area (Å²) in [5.41, 5.74) is 0. The standard InChI is InChI=1S/C10H16N2O3S/c1-8-7-16(13,14)4-3-12(8)6-10-11-5-9(2)15-10/h5,8H,3-4,6-7H2,1-2H3/t8-/m0/s1. The number of sulfone groups is 1. The normalized spacial score (nSPS) is 25.8. The molecule has 1 aromatic rings. The second-order valence-corrected chi connectivity index (χ2v) is 6.53. The molecular weight excluding hydrogens is 228 g/mol. The largest absolute Gasteiger partial charge is 0.445 e. The first-order valence-corrected chi connectivity index (χ1v) is 7.14. The van der Waals surface area contributed by atoms with Crippen LogP contribution in [0.1, 0.15) is 18.6 Å². The van der Waals surface area contributed by atoms with E-state index in [2.05, 4.69) is 9.88 Å². The van der Waals surface area contributed by atoms with Crippen LogP contribution >= 0.6 is 0 Å². The summed E-state index contributed by atoms with van der Waals surface area (Å²) in [6, 6.07) is 0.0333. The Hall–Kier alpha value is -0.880. The number of aromatic nitrogens is 1. The van der Waals surface area contributed by atoms with Gasteiger partial charge in [-0.05, 0) is 13.8 Å². The van der Waals surface area contributed by atoms with E-state index in [-0.39, 0.29) is 17.5 Å². The fourth-order valence-corrected chi connectivity index (χ4v) is 3.54. The van der Waals surface area contributed by atoms with E-state index in [0.717, 1.165) is 5.76 Å². The zero-order valence-electron chi connectivity index (χ0n) is 9.51. The summed E-state index contributed by atoms with van der Waals surface area (Å²) in [7, 11) is -2.84. The second kappa shape index (κ2) is 4.18. The lowest BCUT2D eigenvalue weighted by molar-refractivity contribution is 0.196. The van der Waals surface area contributed by atoms with Crippen LogP contribution in [0.3, 0.4) is 0 Å². The van der Waals surface area contributed by atoms with Crippen LogP contribution in [0, 0.1) is 6.92 Å². The van der Waals surface area contributed by atoms with Crippen LogP contribution in [0.25, 0.3) is 0 Å². The fraction of sp³-hybridized carbons (Fsp3) is 0.700. The molecule has 16 heavy (non-hydrogen) atoms. The summed E-state index contributed by atoms with van der Waals surface area (Å²) in [6.45, 7) is 4.92. The van der Waals surface area contributed by atoms with Gasteiger partial charge in [0.25, 0.3) is 0 Å². The molecule has 1 aliphatic heterocycles. The van der Waals surface area contributed by atoms with Gasteiger partial charge in [0.05, 0.1) is 24.2 Å². The zero-order valence-corrected chi connectivity index (χ0v) is 10.3. The minimum Gasteiger partial charge on any atom is -0.445 e. The van der Waals surface area contributed by atoms with Crippen LogP contribution < -0.4 is 0 Å². The van der Waals surface area contributed by atoms with Crippen LogP contribution in [-0.2, 0) is 16.4 Å². The summed E-state index contributed by atoms with van der Waals surface area (Å²) < 4.78 is 28.2. The van der Waals surface area contributed by atoms with Gasteiger partial charge in [-0.3, -0.25) is 4.90 Å². The molecule has 1 fully saturated rings. The third kappa shape index (κ3) is 2.62. The molecular formula is C10H16N2O3S. The number of hydrogen-bond donors (Lipinski definition) is 0. The Kier molecular flexibility index (Phi) is 3.03. The Morgan fingerprint density at radius 3 is 2.94 bits per heavy atom. The molecule has 90 valence electrons. The van der Waals surface area contributed by atoms with Crippen LogP contribution in [0.2, 0.25) is 0 Å². The topological polar surface area (TPSA) is 63.4 Å². The molecule has 0 bridgehead atoms. The summed E-state index contributed by atoms with van der Waals surface area (Å²) in [4.78, 5) is 6.21. The van der Waals surface area contributed by atoms with Crippen LogP contribution in [0.4, 0.5) is 0 Å². The third-order valence-electron chi connectivity index (χ3n) is 2.82. The Balaban J connectivity index is 2.02. The van der Waals surface area contributed by atoms with Crippen molar-refractivity contribution in [3.8, 4) is 0 Å². The van der Waals surface area contributed by atoms with Crippen molar-refractivity contribution in [3.63, 3.8) is 0 Å². The summed E-state index contributed by atoms with van der Waals surface area (Å²) >= 11 is 0. The third-order valence-corrected chi connectivity index (χ3v) is 4.61. The Morgan fingerprint density at radius 1 is 1.62 bits per heavy atom. The molecule has 0 N–H and O–H groups in total. The predicted molar refractivity (Wildman–Crippen MR) is 59.8 cm³/mol. The van der Waals surface area contributed by atoms with Gasteiger partial charge in [0.2, 0.25) is 5.89 Å². The number of nitrogens with zero attached hydrogens (tertiary/aromatic N) is 2. The van der Waals surface area contributed by atoms with Gasteiger partial charge in [-0.15, -0.1) is 0 Å². The van der Waals surface area contributed by atoms with Crippen LogP contribution in [-0.4, -0.2) is 42.4 Å². The maximum atomic E-state index is 11.4. The molecule has 2 rings (SSSR count). The molecule has 0 aliphatic carbocycles. The summed E-state index contributed by atoms with van der Waals surface area (Å²) in [5.74, 6) is 1.90. The molecule has 6 heteroatoms. The minimum atomic E-state index is -2.84. The lowest BCUT2D eigenvalue weighted by Gasteiger charge is -2.31. The smallest absolute Gasteiger partial charge is 0.208 e. The van der Waals surface area contributed by atoms with Crippen molar-refractivity contribution in [1.82, 2.24) is 9.88 Å². The van der Waals surface area contributed by atoms with Crippen molar-refractivity contribution >= 4 is 9.84 Å². The molecule has 0 spiro atoms. The lowest BCUT2D eigenvalue weighted by atomic mass is 10.3. The van der Waals surface area contributed by atoms with E-state index in [9.17, 15) is 8.42 Å². The highest BCUT2D eigenvalue weighted by Crippen LogP contribution is 2.15. The van der Waals surface area contributed by atoms with Crippen LogP contribution in [0.15, 0.2) is 10.6 Å². The quantitative estimate of drug-likeness (QED) is 0.762. The SMILES string of the molecule is Cc1cnc(CN2CCS(=O)(=O)C[C@@H]2C)o1. The maximum Gasteiger partial charge on any atom is 0.208 e. The van der Waals surface area contributed by atoms with Gasteiger partial charge in [0.1, 0.15) is 5.76 Å². The summed E-state index contributed by atoms with van der Waals surface area (Å²) in [5, 5.41) is 0. The predicted octanol–water partition coefficient (Wildman–Crippen LogP) is 0.602. The molecule has 0 aromatic carbocycles. The number of hydrogen-bond acceptors (Lipinski definition) is 5. The van der Waals surface area contributed by atoms with Crippen molar-refractivity contribution in [2.75, 3.05) is 18.1 Å². The first-order chi connectivity index (χ1) is 7.46. The monoisotopic (exact) mass is 244 g/mol. The van der Waals surface area contributed by atoms with E-state index in [1.807, 2.05) is 13.8 Å². The van der Waals surface area contributed by atoms with Gasteiger partial charge in [-0.25, -0.2) is 13.4 Å². The van der Waals surface area contributed by atoms with E-state index in [0.29, 0.717) is 19.0 Å². The molecule has 0 amide bonds. The van der Waals surface area contributed by atoms with Crippen molar-refractivity contribution in [1.29, 1.82) is 0 Å². The van der Waals surface area contributed by atoms with E-state index >= 15 is 0 Å². The first kappa shape index (κ1) is 11.6.